The number of carbonyl (C=O) groups is 3. The van der Waals surface area contributed by atoms with Crippen LogP contribution >= 0.6 is 0 Å². The Morgan fingerprint density at radius 1 is 1.14 bits per heavy atom. The Labute approximate surface area is 214 Å². The second-order valence-corrected chi connectivity index (χ2v) is 8.28. The number of benzene rings is 1. The van der Waals surface area contributed by atoms with Crippen molar-refractivity contribution in [3.8, 4) is 0 Å². The van der Waals surface area contributed by atoms with Crippen molar-refractivity contribution in [3.63, 3.8) is 0 Å². The number of hydrogen-bond acceptors (Lipinski definition) is 7. The first kappa shape index (κ1) is 27.0. The number of ether oxygens (including phenoxy) is 1. The number of rotatable bonds is 8. The van der Waals surface area contributed by atoms with Gasteiger partial charge in [0.1, 0.15) is 17.9 Å². The van der Waals surface area contributed by atoms with Crippen LogP contribution in [0.15, 0.2) is 66.5 Å². The molecular weight excluding hydrogens is 474 g/mol. The Bertz CT molecular complexity index is 1350. The van der Waals surface area contributed by atoms with Gasteiger partial charge in [0.25, 0.3) is 17.6 Å². The summed E-state index contributed by atoms with van der Waals surface area (Å²) in [5.41, 5.74) is 7.35. The Morgan fingerprint density at radius 3 is 2.32 bits per heavy atom. The van der Waals surface area contributed by atoms with Crippen LogP contribution in [0, 0.1) is 0 Å². The first-order chi connectivity index (χ1) is 17.7. The van der Waals surface area contributed by atoms with Gasteiger partial charge in [-0.3, -0.25) is 19.4 Å². The second-order valence-electron chi connectivity index (χ2n) is 8.28. The van der Waals surface area contributed by atoms with Gasteiger partial charge in [-0.25, -0.2) is 10.8 Å². The summed E-state index contributed by atoms with van der Waals surface area (Å²) < 4.78 is 5.39. The summed E-state index contributed by atoms with van der Waals surface area (Å²) in [6, 6.07) is 8.92. The van der Waals surface area contributed by atoms with Crippen molar-refractivity contribution in [2.75, 3.05) is 33.3 Å². The van der Waals surface area contributed by atoms with E-state index in [4.69, 9.17) is 16.3 Å². The summed E-state index contributed by atoms with van der Waals surface area (Å²) in [6.07, 6.45) is 4.04. The van der Waals surface area contributed by atoms with Crippen LogP contribution in [0.1, 0.15) is 27.6 Å². The lowest BCUT2D eigenvalue weighted by Crippen LogP contribution is -2.52. The molecule has 1 fully saturated rings. The summed E-state index contributed by atoms with van der Waals surface area (Å²) >= 11 is 0. The van der Waals surface area contributed by atoms with Crippen LogP contribution in [0.25, 0.3) is 11.6 Å². The number of carbonyl (C=O) groups excluding carboxylic acids is 3. The van der Waals surface area contributed by atoms with Gasteiger partial charge in [-0.2, -0.15) is 0 Å². The molecule has 2 amide bonds. The topological polar surface area (TPSA) is 150 Å². The monoisotopic (exact) mass is 505 g/mol. The number of Topliss-reactive ketones (excluding diaryl/α,β-unsaturated/α-hetero) is 1. The maximum atomic E-state index is 13.3. The number of nitrogens with zero attached hydrogens (tertiary/aromatic N) is 4. The van der Waals surface area contributed by atoms with E-state index in [1.807, 2.05) is 6.07 Å². The predicted molar refractivity (Wildman–Crippen MR) is 141 cm³/mol. The number of piperazine rings is 1. The molecule has 2 aromatic rings. The van der Waals surface area contributed by atoms with E-state index in [2.05, 4.69) is 23.1 Å². The van der Waals surface area contributed by atoms with Crippen LogP contribution in [0.2, 0.25) is 0 Å². The Kier molecular flexibility index (Phi) is 8.64. The molecule has 11 heteroatoms. The Balaban J connectivity index is 1.88. The van der Waals surface area contributed by atoms with Crippen molar-refractivity contribution in [2.24, 2.45) is 16.6 Å². The zero-order chi connectivity index (χ0) is 27.1. The molecule has 0 aliphatic carbocycles. The van der Waals surface area contributed by atoms with Gasteiger partial charge >= 0.3 is 0 Å². The molecule has 1 aliphatic rings. The van der Waals surface area contributed by atoms with Crippen LogP contribution in [0.5, 0.6) is 0 Å². The molecule has 2 heterocycles. The molecule has 0 unspecified atom stereocenters. The third kappa shape index (κ3) is 5.96. The van der Waals surface area contributed by atoms with E-state index >= 15 is 0 Å². The summed E-state index contributed by atoms with van der Waals surface area (Å²) in [7, 11) is 1.41. The second kappa shape index (κ2) is 11.9. The molecular formula is C26H31N7O4. The summed E-state index contributed by atoms with van der Waals surface area (Å²) in [6.45, 7) is 10.1. The Hall–Kier alpha value is -4.64. The van der Waals surface area contributed by atoms with Gasteiger partial charge in [0.05, 0.1) is 23.2 Å². The van der Waals surface area contributed by atoms with Crippen molar-refractivity contribution < 1.29 is 19.1 Å². The number of hydrogen-bond donors (Lipinski definition) is 3. The quantitative estimate of drug-likeness (QED) is 0.113. The first-order valence-electron chi connectivity index (χ1n) is 11.5. The fraction of sp³-hybridized carbons (Fsp3) is 0.231. The van der Waals surface area contributed by atoms with E-state index in [1.165, 1.54) is 30.6 Å². The summed E-state index contributed by atoms with van der Waals surface area (Å²) in [5, 5.41) is 1.55. The third-order valence-electron chi connectivity index (χ3n) is 5.78. The molecule has 5 N–H and O–H groups in total. The molecule has 0 spiro atoms. The van der Waals surface area contributed by atoms with E-state index in [-0.39, 0.29) is 46.7 Å². The normalized spacial score (nSPS) is 15.2. The number of aliphatic imine (C=N–C) groups is 1. The van der Waals surface area contributed by atoms with E-state index in [9.17, 15) is 14.4 Å². The lowest BCUT2D eigenvalue weighted by Gasteiger charge is -2.34. The molecule has 0 radical (unpaired) electrons. The van der Waals surface area contributed by atoms with E-state index in [1.54, 1.807) is 36.1 Å². The van der Waals surface area contributed by atoms with Gasteiger partial charge in [0, 0.05) is 43.6 Å². The van der Waals surface area contributed by atoms with Gasteiger partial charge in [0.15, 0.2) is 0 Å². The van der Waals surface area contributed by atoms with Crippen LogP contribution in [-0.4, -0.2) is 77.0 Å². The van der Waals surface area contributed by atoms with Crippen LogP contribution < -0.4 is 22.1 Å². The van der Waals surface area contributed by atoms with Gasteiger partial charge < -0.3 is 25.3 Å². The SMILES string of the molecule is C=C/C(OC)=c1/c(C(=O)C(=O)N2CCN(C(=O)c3ccccc3)CC2)c[nH]/c1=C(/N)N(N)/C=N\C(=C)C. The minimum absolute atomic E-state index is 0.0240. The van der Waals surface area contributed by atoms with E-state index in [0.717, 1.165) is 5.01 Å². The maximum absolute atomic E-state index is 13.3. The highest BCUT2D eigenvalue weighted by atomic mass is 16.5. The van der Waals surface area contributed by atoms with Gasteiger partial charge in [-0.15, -0.1) is 0 Å². The molecule has 1 saturated heterocycles. The minimum atomic E-state index is -0.760. The summed E-state index contributed by atoms with van der Waals surface area (Å²) in [4.78, 5) is 49.2. The van der Waals surface area contributed by atoms with Crippen LogP contribution in [0.3, 0.4) is 0 Å². The van der Waals surface area contributed by atoms with Crippen molar-refractivity contribution >= 4 is 35.5 Å². The molecule has 37 heavy (non-hydrogen) atoms. The molecule has 1 aromatic heterocycles. The predicted octanol–water partition coefficient (Wildman–Crippen LogP) is -0.115. The van der Waals surface area contributed by atoms with Crippen molar-refractivity contribution in [1.29, 1.82) is 0 Å². The molecule has 0 saturated carbocycles. The smallest absolute Gasteiger partial charge is 0.295 e. The van der Waals surface area contributed by atoms with Crippen molar-refractivity contribution in [2.45, 2.75) is 6.92 Å². The Morgan fingerprint density at radius 2 is 1.76 bits per heavy atom. The standard InChI is InChI=1S/C26H31N7O4/c1-5-20(37-4)21-19(15-29-22(21)24(27)33(28)16-30-17(2)3)23(34)26(36)32-13-11-31(12-14-32)25(35)18-9-7-6-8-10-18/h5-10,15-16,29H,1-2,11-14,27-28H2,3-4H3/b21-20+,24-22-,30-16-. The van der Waals surface area contributed by atoms with Gasteiger partial charge in [-0.1, -0.05) is 31.4 Å². The number of nitrogens with two attached hydrogens (primary N) is 2. The highest BCUT2D eigenvalue weighted by Crippen LogP contribution is 2.10. The number of hydrazine groups is 1. The molecule has 11 nitrogen and oxygen atoms in total. The van der Waals surface area contributed by atoms with Gasteiger partial charge in [0.2, 0.25) is 0 Å². The van der Waals surface area contributed by atoms with Crippen molar-refractivity contribution in [1.82, 2.24) is 19.8 Å². The summed E-state index contributed by atoms with van der Waals surface area (Å²) in [5.74, 6) is 4.65. The number of aromatic nitrogens is 1. The molecule has 0 atom stereocenters. The number of aromatic amines is 1. The number of methoxy groups -OCH3 is 1. The third-order valence-corrected chi connectivity index (χ3v) is 5.78. The fourth-order valence-electron chi connectivity index (χ4n) is 3.83. The van der Waals surface area contributed by atoms with Gasteiger partial charge in [-0.05, 0) is 25.1 Å². The number of allylic oxidation sites excluding steroid dienone is 1. The van der Waals surface area contributed by atoms with Crippen molar-refractivity contribution in [3.05, 3.63) is 83.2 Å². The van der Waals surface area contributed by atoms with E-state index in [0.29, 0.717) is 24.4 Å². The molecule has 1 aliphatic heterocycles. The zero-order valence-corrected chi connectivity index (χ0v) is 20.9. The minimum Gasteiger partial charge on any atom is -0.496 e. The van der Waals surface area contributed by atoms with Crippen LogP contribution in [-0.2, 0) is 9.53 Å². The number of H-pyrrole nitrogens is 1. The molecule has 0 bridgehead atoms. The first-order valence-corrected chi connectivity index (χ1v) is 11.5. The molecule has 194 valence electrons. The van der Waals surface area contributed by atoms with Crippen LogP contribution in [0.4, 0.5) is 0 Å². The largest absolute Gasteiger partial charge is 0.496 e. The lowest BCUT2D eigenvalue weighted by molar-refractivity contribution is -0.127. The molecule has 1 aromatic carbocycles. The zero-order valence-electron chi connectivity index (χ0n) is 20.9. The lowest BCUT2D eigenvalue weighted by atomic mass is 10.1. The molecule has 3 rings (SSSR count). The average molecular weight is 506 g/mol. The highest BCUT2D eigenvalue weighted by Gasteiger charge is 2.30. The number of amides is 2. The number of nitrogens with one attached hydrogen (secondary N) is 1. The number of ketones is 1. The fourth-order valence-corrected chi connectivity index (χ4v) is 3.83. The van der Waals surface area contributed by atoms with E-state index < -0.39 is 11.7 Å². The maximum Gasteiger partial charge on any atom is 0.295 e. The highest BCUT2D eigenvalue weighted by molar-refractivity contribution is 6.42. The average Bonchev–Trinajstić information content (AvgIpc) is 3.36.